The third-order valence-corrected chi connectivity index (χ3v) is 9.20. The van der Waals surface area contributed by atoms with Crippen LogP contribution in [0.1, 0.15) is 50.4 Å². The van der Waals surface area contributed by atoms with Crippen LogP contribution < -0.4 is 4.74 Å². The molecule has 2 rings (SSSR count). The number of thioether (sulfide) groups is 2. The number of carbonyl (C=O) groups is 7. The zero-order valence-electron chi connectivity index (χ0n) is 25.6. The molecule has 248 valence electrons. The Kier molecular flexibility index (Phi) is 15.8. The van der Waals surface area contributed by atoms with Gasteiger partial charge >= 0.3 is 11.9 Å². The van der Waals surface area contributed by atoms with Crippen LogP contribution in [0, 0.1) is 29.4 Å². The summed E-state index contributed by atoms with van der Waals surface area (Å²) in [6.07, 6.45) is -0.482. The van der Waals surface area contributed by atoms with Crippen molar-refractivity contribution >= 4 is 75.7 Å². The van der Waals surface area contributed by atoms with Gasteiger partial charge in [-0.3, -0.25) is 19.2 Å². The summed E-state index contributed by atoms with van der Waals surface area (Å²) in [5.41, 5.74) is -0.0943. The Balaban J connectivity index is 2.43. The first-order valence-electron chi connectivity index (χ1n) is 14.0. The number of carbonyl (C=O) groups excluding carboxylic acids is 7. The third kappa shape index (κ3) is 12.1. The quantitative estimate of drug-likeness (QED) is 0.126. The van der Waals surface area contributed by atoms with Gasteiger partial charge in [-0.05, 0) is 50.6 Å². The molecule has 0 N–H and O–H groups in total. The number of methoxy groups -OCH3 is 1. The monoisotopic (exact) mass is 696 g/mol. The van der Waals surface area contributed by atoms with Crippen molar-refractivity contribution in [2.24, 2.45) is 17.8 Å². The summed E-state index contributed by atoms with van der Waals surface area (Å²) >= 11 is 5.54. The second-order valence-corrected chi connectivity index (χ2v) is 12.9. The Morgan fingerprint density at radius 2 is 1.33 bits per heavy atom. The SMILES string of the molecule is COC(=O)C(CSC(=O)c1cc(-c2ccc(F)cc2F)ccc1OC(=O)C(CSC(=O)C(CS)CC(C)=O)CC(C)=O)CC(C)=O. The Labute approximate surface area is 279 Å². The molecular formula is C32H34F2O9S3. The molecule has 0 heterocycles. The Morgan fingerprint density at radius 3 is 1.87 bits per heavy atom. The zero-order chi connectivity index (χ0) is 34.6. The van der Waals surface area contributed by atoms with E-state index in [0.717, 1.165) is 24.9 Å². The molecular weight excluding hydrogens is 663 g/mol. The number of hydrogen-bond acceptors (Lipinski definition) is 12. The number of Topliss-reactive ketones (excluding diaryl/α,β-unsaturated/α-hetero) is 3. The van der Waals surface area contributed by atoms with E-state index in [4.69, 9.17) is 9.47 Å². The molecule has 0 aliphatic heterocycles. The Hall–Kier alpha value is -3.36. The van der Waals surface area contributed by atoms with Gasteiger partial charge in [0.05, 0.1) is 24.5 Å². The van der Waals surface area contributed by atoms with Gasteiger partial charge in [0.1, 0.15) is 34.7 Å². The molecule has 46 heavy (non-hydrogen) atoms. The van der Waals surface area contributed by atoms with Crippen molar-refractivity contribution in [1.82, 2.24) is 0 Å². The van der Waals surface area contributed by atoms with Crippen LogP contribution in [0.15, 0.2) is 36.4 Å². The lowest BCUT2D eigenvalue weighted by atomic mass is 10.0. The lowest BCUT2D eigenvalue weighted by Crippen LogP contribution is -2.27. The highest BCUT2D eigenvalue weighted by molar-refractivity contribution is 8.14. The first-order valence-corrected chi connectivity index (χ1v) is 16.6. The summed E-state index contributed by atoms with van der Waals surface area (Å²) in [5.74, 6) is -7.39. The van der Waals surface area contributed by atoms with Crippen molar-refractivity contribution in [3.8, 4) is 16.9 Å². The molecule has 9 nitrogen and oxygen atoms in total. The van der Waals surface area contributed by atoms with Crippen LogP contribution in [-0.2, 0) is 33.5 Å². The van der Waals surface area contributed by atoms with Crippen LogP contribution in [0.4, 0.5) is 8.78 Å². The number of thiol groups is 1. The summed E-state index contributed by atoms with van der Waals surface area (Å²) in [6.45, 7) is 3.89. The minimum atomic E-state index is -1.10. The molecule has 0 aromatic heterocycles. The summed E-state index contributed by atoms with van der Waals surface area (Å²) in [5, 5.41) is -1.08. The highest BCUT2D eigenvalue weighted by atomic mass is 32.2. The summed E-state index contributed by atoms with van der Waals surface area (Å²) < 4.78 is 38.5. The topological polar surface area (TPSA) is 138 Å². The van der Waals surface area contributed by atoms with E-state index in [2.05, 4.69) is 12.6 Å². The van der Waals surface area contributed by atoms with Crippen LogP contribution in [0.2, 0.25) is 0 Å². The standard InChI is InChI=1S/C32H34F2O9S3/c1-17(35)9-21(14-44)31(40)45-16-23(11-19(3)37)30(39)43-28-8-5-20(25-7-6-24(33)13-27(25)34)12-26(28)32(41)46-15-22(10-18(2)36)29(38)42-4/h5-8,12-13,21-23,44H,9-11,14-16H2,1-4H3. The molecule has 14 heteroatoms. The fraction of sp³-hybridized carbons (Fsp3) is 0.406. The average molecular weight is 697 g/mol. The molecule has 2 aromatic rings. The maximum absolute atomic E-state index is 14.6. The molecule has 0 spiro atoms. The molecule has 0 amide bonds. The summed E-state index contributed by atoms with van der Waals surface area (Å²) in [4.78, 5) is 86.8. The fourth-order valence-electron chi connectivity index (χ4n) is 4.27. The van der Waals surface area contributed by atoms with Crippen molar-refractivity contribution < 1.29 is 51.8 Å². The van der Waals surface area contributed by atoms with Gasteiger partial charge in [0.15, 0.2) is 5.12 Å². The maximum Gasteiger partial charge on any atom is 0.315 e. The van der Waals surface area contributed by atoms with Gasteiger partial charge in [-0.2, -0.15) is 12.6 Å². The number of hydrogen-bond donors (Lipinski definition) is 1. The van der Waals surface area contributed by atoms with E-state index in [1.165, 1.54) is 45.0 Å². The van der Waals surface area contributed by atoms with Crippen molar-refractivity contribution in [1.29, 1.82) is 0 Å². The summed E-state index contributed by atoms with van der Waals surface area (Å²) in [6, 6.07) is 6.71. The third-order valence-electron chi connectivity index (χ3n) is 6.52. The lowest BCUT2D eigenvalue weighted by Gasteiger charge is -2.18. The minimum Gasteiger partial charge on any atom is -0.469 e. The van der Waals surface area contributed by atoms with Gasteiger partial charge in [-0.1, -0.05) is 29.6 Å². The van der Waals surface area contributed by atoms with Crippen molar-refractivity contribution in [2.45, 2.75) is 40.0 Å². The number of ether oxygens (including phenoxy) is 2. The molecule has 3 unspecified atom stereocenters. The minimum absolute atomic E-state index is 0.0233. The van der Waals surface area contributed by atoms with Gasteiger partial charge in [0.2, 0.25) is 5.12 Å². The first-order chi connectivity index (χ1) is 21.7. The number of esters is 2. The Bertz CT molecular complexity index is 1500. The normalized spacial score (nSPS) is 12.8. The smallest absolute Gasteiger partial charge is 0.315 e. The van der Waals surface area contributed by atoms with Crippen LogP contribution in [-0.4, -0.2) is 63.9 Å². The second kappa shape index (κ2) is 18.7. The van der Waals surface area contributed by atoms with Crippen LogP contribution in [0.25, 0.3) is 11.1 Å². The van der Waals surface area contributed by atoms with E-state index in [1.54, 1.807) is 0 Å². The zero-order valence-corrected chi connectivity index (χ0v) is 28.2. The van der Waals surface area contributed by atoms with Crippen molar-refractivity contribution in [3.63, 3.8) is 0 Å². The van der Waals surface area contributed by atoms with Crippen LogP contribution >= 0.6 is 36.2 Å². The number of ketones is 3. The van der Waals surface area contributed by atoms with E-state index < -0.39 is 46.4 Å². The number of halogens is 2. The molecule has 0 bridgehead atoms. The molecule has 0 fully saturated rings. The predicted molar refractivity (Wildman–Crippen MR) is 174 cm³/mol. The molecule has 0 aliphatic carbocycles. The first kappa shape index (κ1) is 38.8. The van der Waals surface area contributed by atoms with Crippen LogP contribution in [0.5, 0.6) is 5.75 Å². The second-order valence-electron chi connectivity index (χ2n) is 10.5. The molecule has 0 aliphatic rings. The van der Waals surface area contributed by atoms with E-state index in [0.29, 0.717) is 17.8 Å². The van der Waals surface area contributed by atoms with Gasteiger partial charge in [-0.25, -0.2) is 8.78 Å². The van der Waals surface area contributed by atoms with Gasteiger partial charge in [-0.15, -0.1) is 0 Å². The number of rotatable bonds is 17. The molecule has 0 saturated heterocycles. The molecule has 2 aromatic carbocycles. The van der Waals surface area contributed by atoms with Gasteiger partial charge in [0.25, 0.3) is 0 Å². The maximum atomic E-state index is 14.6. The van der Waals surface area contributed by atoms with E-state index >= 15 is 0 Å². The van der Waals surface area contributed by atoms with Crippen molar-refractivity contribution in [3.05, 3.63) is 53.6 Å². The lowest BCUT2D eigenvalue weighted by molar-refractivity contribution is -0.146. The predicted octanol–water partition coefficient (Wildman–Crippen LogP) is 5.56. The highest BCUT2D eigenvalue weighted by Gasteiger charge is 2.29. The van der Waals surface area contributed by atoms with Gasteiger partial charge in [0, 0.05) is 54.1 Å². The average Bonchev–Trinajstić information content (AvgIpc) is 2.99. The largest absolute Gasteiger partial charge is 0.469 e. The van der Waals surface area contributed by atoms with Crippen LogP contribution in [0.3, 0.4) is 0 Å². The van der Waals surface area contributed by atoms with E-state index in [1.807, 2.05) is 0 Å². The molecule has 3 atom stereocenters. The van der Waals surface area contributed by atoms with Crippen molar-refractivity contribution in [2.75, 3.05) is 24.4 Å². The van der Waals surface area contributed by atoms with E-state index in [-0.39, 0.29) is 81.4 Å². The fourth-order valence-corrected chi connectivity index (χ4v) is 6.63. The van der Waals surface area contributed by atoms with Gasteiger partial charge < -0.3 is 23.9 Å². The summed E-state index contributed by atoms with van der Waals surface area (Å²) in [7, 11) is 1.14. The highest BCUT2D eigenvalue weighted by Crippen LogP contribution is 2.33. The molecule has 0 saturated carbocycles. The molecule has 0 radical (unpaired) electrons. The van der Waals surface area contributed by atoms with E-state index in [9.17, 15) is 42.3 Å². The Morgan fingerprint density at radius 1 is 0.761 bits per heavy atom. The number of benzene rings is 2.